The second-order valence-electron chi connectivity index (χ2n) is 6.21. The summed E-state index contributed by atoms with van der Waals surface area (Å²) in [6.07, 6.45) is 3.30. The smallest absolute Gasteiger partial charge is 0.303 e. The normalized spacial score (nSPS) is 18.3. The van der Waals surface area contributed by atoms with Crippen LogP contribution in [0.25, 0.3) is 10.1 Å². The summed E-state index contributed by atoms with van der Waals surface area (Å²) < 4.78 is 1.22. The van der Waals surface area contributed by atoms with Gasteiger partial charge in [0.25, 0.3) is 0 Å². The van der Waals surface area contributed by atoms with E-state index in [0.717, 1.165) is 24.9 Å². The third kappa shape index (κ3) is 3.91. The van der Waals surface area contributed by atoms with Gasteiger partial charge in [0.2, 0.25) is 5.91 Å². The van der Waals surface area contributed by atoms with Crippen molar-refractivity contribution < 1.29 is 14.7 Å². The maximum atomic E-state index is 12.6. The van der Waals surface area contributed by atoms with Gasteiger partial charge in [0.05, 0.1) is 6.42 Å². The van der Waals surface area contributed by atoms with Gasteiger partial charge in [-0.05, 0) is 47.6 Å². The number of hydrogen-bond donors (Lipinski definition) is 1. The lowest BCUT2D eigenvalue weighted by Crippen LogP contribution is -2.40. The summed E-state index contributed by atoms with van der Waals surface area (Å²) in [5.74, 6) is -0.269. The Labute approximate surface area is 139 Å². The topological polar surface area (TPSA) is 57.6 Å². The van der Waals surface area contributed by atoms with Gasteiger partial charge in [-0.3, -0.25) is 9.59 Å². The van der Waals surface area contributed by atoms with Crippen LogP contribution in [0.4, 0.5) is 0 Å². The molecule has 1 amide bonds. The Balaban J connectivity index is 1.62. The average Bonchev–Trinajstić information content (AvgIpc) is 2.96. The first-order chi connectivity index (χ1) is 11.1. The number of benzene rings is 1. The van der Waals surface area contributed by atoms with Crippen LogP contribution in [0.15, 0.2) is 29.6 Å². The van der Waals surface area contributed by atoms with E-state index in [-0.39, 0.29) is 12.3 Å². The highest BCUT2D eigenvalue weighted by Gasteiger charge is 2.24. The number of fused-ring (bicyclic) bond motifs is 1. The summed E-state index contributed by atoms with van der Waals surface area (Å²) in [7, 11) is 0. The van der Waals surface area contributed by atoms with Gasteiger partial charge < -0.3 is 10.0 Å². The predicted molar refractivity (Wildman–Crippen MR) is 91.7 cm³/mol. The molecule has 2 heterocycles. The van der Waals surface area contributed by atoms with Gasteiger partial charge in [-0.2, -0.15) is 0 Å². The Morgan fingerprint density at radius 3 is 2.96 bits per heavy atom. The summed E-state index contributed by atoms with van der Waals surface area (Å²) >= 11 is 1.68. The van der Waals surface area contributed by atoms with Crippen molar-refractivity contribution in [3.8, 4) is 0 Å². The van der Waals surface area contributed by atoms with Crippen LogP contribution in [0.5, 0.6) is 0 Å². The number of thiophene rings is 1. The van der Waals surface area contributed by atoms with E-state index in [4.69, 9.17) is 5.11 Å². The Hall–Kier alpha value is -1.88. The first-order valence-electron chi connectivity index (χ1n) is 8.08. The first-order valence-corrected chi connectivity index (χ1v) is 8.96. The molecule has 0 radical (unpaired) electrons. The molecule has 1 N–H and O–H groups in total. The minimum atomic E-state index is -0.752. The van der Waals surface area contributed by atoms with Gasteiger partial charge in [0.1, 0.15) is 0 Å². The number of carboxylic acid groups (broad SMARTS) is 1. The second-order valence-corrected chi connectivity index (χ2v) is 7.13. The second kappa shape index (κ2) is 7.13. The molecule has 0 saturated carbocycles. The first kappa shape index (κ1) is 16.0. The zero-order chi connectivity index (χ0) is 16.2. The number of carbonyl (C=O) groups is 2. The number of likely N-dealkylation sites (tertiary alicyclic amines) is 1. The van der Waals surface area contributed by atoms with Crippen LogP contribution in [0.3, 0.4) is 0 Å². The predicted octanol–water partition coefficient (Wildman–Crippen LogP) is 3.55. The van der Waals surface area contributed by atoms with Crippen LogP contribution in [-0.4, -0.2) is 35.0 Å². The lowest BCUT2D eigenvalue weighted by atomic mass is 9.93. The lowest BCUT2D eigenvalue weighted by Gasteiger charge is -2.32. The third-order valence-electron chi connectivity index (χ3n) is 4.54. The standard InChI is InChI=1S/C18H21NO3S/c20-17(10-14-12-23-16-6-2-1-5-15(14)16)19-9-3-4-13(11-19)7-8-18(21)22/h1-2,5-6,12-13H,3-4,7-11H2,(H,21,22). The van der Waals surface area contributed by atoms with Crippen molar-refractivity contribution in [2.75, 3.05) is 13.1 Å². The maximum Gasteiger partial charge on any atom is 0.303 e. The number of carbonyl (C=O) groups excluding carboxylic acids is 1. The van der Waals surface area contributed by atoms with Gasteiger partial charge >= 0.3 is 5.97 Å². The van der Waals surface area contributed by atoms with E-state index >= 15 is 0 Å². The number of nitrogens with zero attached hydrogens (tertiary/aromatic N) is 1. The molecule has 1 aromatic heterocycles. The number of carboxylic acids is 1. The van der Waals surface area contributed by atoms with Gasteiger partial charge in [0.15, 0.2) is 0 Å². The van der Waals surface area contributed by atoms with Crippen molar-refractivity contribution >= 4 is 33.3 Å². The summed E-state index contributed by atoms with van der Waals surface area (Å²) in [6.45, 7) is 1.50. The van der Waals surface area contributed by atoms with Crippen LogP contribution >= 0.6 is 11.3 Å². The number of aliphatic carboxylic acids is 1. The van der Waals surface area contributed by atoms with Crippen LogP contribution < -0.4 is 0 Å². The molecule has 1 aliphatic rings. The van der Waals surface area contributed by atoms with E-state index in [1.165, 1.54) is 10.1 Å². The molecule has 2 aromatic rings. The molecule has 1 aromatic carbocycles. The SMILES string of the molecule is O=C(O)CCC1CCCN(C(=O)Cc2csc3ccccc23)C1. The minimum absolute atomic E-state index is 0.161. The largest absolute Gasteiger partial charge is 0.481 e. The molecule has 122 valence electrons. The molecule has 4 nitrogen and oxygen atoms in total. The molecule has 3 rings (SSSR count). The Morgan fingerprint density at radius 1 is 1.30 bits per heavy atom. The Bertz CT molecular complexity index is 709. The maximum absolute atomic E-state index is 12.6. The number of amides is 1. The van der Waals surface area contributed by atoms with E-state index in [9.17, 15) is 9.59 Å². The molecule has 5 heteroatoms. The minimum Gasteiger partial charge on any atom is -0.481 e. The fourth-order valence-corrected chi connectivity index (χ4v) is 4.26. The van der Waals surface area contributed by atoms with Crippen molar-refractivity contribution in [1.29, 1.82) is 0 Å². The Kier molecular flexibility index (Phi) is 4.96. The third-order valence-corrected chi connectivity index (χ3v) is 5.55. The van der Waals surface area contributed by atoms with Crippen molar-refractivity contribution in [2.45, 2.75) is 32.1 Å². The van der Waals surface area contributed by atoms with Gasteiger partial charge in [0, 0.05) is 24.2 Å². The molecule has 0 bridgehead atoms. The van der Waals surface area contributed by atoms with Crippen LogP contribution in [-0.2, 0) is 16.0 Å². The number of hydrogen-bond acceptors (Lipinski definition) is 3. The number of piperidine rings is 1. The summed E-state index contributed by atoms with van der Waals surface area (Å²) in [5, 5.41) is 12.1. The quantitative estimate of drug-likeness (QED) is 0.911. The molecule has 0 spiro atoms. The fraction of sp³-hybridized carbons (Fsp3) is 0.444. The summed E-state index contributed by atoms with van der Waals surface area (Å²) in [5.41, 5.74) is 1.10. The van der Waals surface area contributed by atoms with Crippen molar-refractivity contribution in [3.63, 3.8) is 0 Å². The molecule has 1 atom stereocenters. The van der Waals surface area contributed by atoms with Crippen molar-refractivity contribution in [3.05, 3.63) is 35.2 Å². The highest BCUT2D eigenvalue weighted by atomic mass is 32.1. The highest BCUT2D eigenvalue weighted by molar-refractivity contribution is 7.17. The monoisotopic (exact) mass is 331 g/mol. The van der Waals surface area contributed by atoms with Crippen molar-refractivity contribution in [2.24, 2.45) is 5.92 Å². The number of rotatable bonds is 5. The average molecular weight is 331 g/mol. The molecule has 1 saturated heterocycles. The summed E-state index contributed by atoms with van der Waals surface area (Å²) in [6, 6.07) is 8.17. The molecular formula is C18H21NO3S. The molecular weight excluding hydrogens is 310 g/mol. The van der Waals surface area contributed by atoms with Crippen LogP contribution in [0, 0.1) is 5.92 Å². The van der Waals surface area contributed by atoms with E-state index in [1.807, 2.05) is 17.0 Å². The van der Waals surface area contributed by atoms with Gasteiger partial charge in [-0.25, -0.2) is 0 Å². The Morgan fingerprint density at radius 2 is 2.13 bits per heavy atom. The van der Waals surface area contributed by atoms with E-state index < -0.39 is 5.97 Å². The van der Waals surface area contributed by atoms with E-state index in [0.29, 0.717) is 25.3 Å². The van der Waals surface area contributed by atoms with Crippen LogP contribution in [0.2, 0.25) is 0 Å². The molecule has 1 fully saturated rings. The zero-order valence-corrected chi connectivity index (χ0v) is 13.8. The highest BCUT2D eigenvalue weighted by Crippen LogP contribution is 2.27. The van der Waals surface area contributed by atoms with Gasteiger partial charge in [-0.1, -0.05) is 18.2 Å². The van der Waals surface area contributed by atoms with Crippen molar-refractivity contribution in [1.82, 2.24) is 4.90 Å². The molecule has 1 aliphatic heterocycles. The fourth-order valence-electron chi connectivity index (χ4n) is 3.30. The summed E-state index contributed by atoms with van der Waals surface area (Å²) in [4.78, 5) is 25.2. The molecule has 23 heavy (non-hydrogen) atoms. The van der Waals surface area contributed by atoms with E-state index in [1.54, 1.807) is 11.3 Å². The van der Waals surface area contributed by atoms with Crippen LogP contribution in [0.1, 0.15) is 31.2 Å². The van der Waals surface area contributed by atoms with E-state index in [2.05, 4.69) is 17.5 Å². The molecule has 1 unspecified atom stereocenters. The van der Waals surface area contributed by atoms with Gasteiger partial charge in [-0.15, -0.1) is 11.3 Å². The zero-order valence-electron chi connectivity index (χ0n) is 13.0. The molecule has 0 aliphatic carbocycles. The lowest BCUT2D eigenvalue weighted by molar-refractivity contribution is -0.137.